The summed E-state index contributed by atoms with van der Waals surface area (Å²) in [7, 11) is 0. The third kappa shape index (κ3) is 2.80. The Bertz CT molecular complexity index is 376. The maximum atomic E-state index is 9.44. The largest absolute Gasteiger partial charge is 0.504 e. The van der Waals surface area contributed by atoms with Crippen LogP contribution >= 0.6 is 0 Å². The molecular formula is C9H14N4O2. The van der Waals surface area contributed by atoms with E-state index in [0.29, 0.717) is 11.5 Å². The first kappa shape index (κ1) is 11.2. The van der Waals surface area contributed by atoms with E-state index in [4.69, 9.17) is 10.9 Å². The topological polar surface area (TPSA) is 105 Å². The van der Waals surface area contributed by atoms with E-state index in [1.54, 1.807) is 0 Å². The maximum absolute atomic E-state index is 9.44. The molecule has 1 heterocycles. The van der Waals surface area contributed by atoms with Crippen LogP contribution in [0.15, 0.2) is 11.4 Å². The Kier molecular flexibility index (Phi) is 3.43. The lowest BCUT2D eigenvalue weighted by atomic mass is 10.2. The SMILES string of the molecule is CC(C)c1ncc(O)c(C/C(N)=N/O)n1. The van der Waals surface area contributed by atoms with Gasteiger partial charge in [0.05, 0.1) is 18.3 Å². The maximum Gasteiger partial charge on any atom is 0.155 e. The van der Waals surface area contributed by atoms with Gasteiger partial charge in [0, 0.05) is 5.92 Å². The smallest absolute Gasteiger partial charge is 0.155 e. The van der Waals surface area contributed by atoms with Crippen LogP contribution in [-0.4, -0.2) is 26.1 Å². The van der Waals surface area contributed by atoms with E-state index in [0.717, 1.165) is 0 Å². The summed E-state index contributed by atoms with van der Waals surface area (Å²) in [6.07, 6.45) is 1.42. The van der Waals surface area contributed by atoms with Crippen molar-refractivity contribution in [2.24, 2.45) is 10.9 Å². The van der Waals surface area contributed by atoms with Crippen molar-refractivity contribution >= 4 is 5.84 Å². The Morgan fingerprint density at radius 2 is 2.27 bits per heavy atom. The number of aromatic nitrogens is 2. The summed E-state index contributed by atoms with van der Waals surface area (Å²) in [5, 5.41) is 20.7. The molecule has 4 N–H and O–H groups in total. The Balaban J connectivity index is 3.00. The molecule has 0 aromatic carbocycles. The van der Waals surface area contributed by atoms with Crippen molar-refractivity contribution in [2.75, 3.05) is 0 Å². The fourth-order valence-electron chi connectivity index (χ4n) is 1.04. The number of hydrogen-bond donors (Lipinski definition) is 3. The highest BCUT2D eigenvalue weighted by Crippen LogP contribution is 2.17. The minimum Gasteiger partial charge on any atom is -0.504 e. The summed E-state index contributed by atoms with van der Waals surface area (Å²) < 4.78 is 0. The van der Waals surface area contributed by atoms with Gasteiger partial charge in [-0.2, -0.15) is 0 Å². The summed E-state index contributed by atoms with van der Waals surface area (Å²) in [5.41, 5.74) is 5.69. The van der Waals surface area contributed by atoms with Crippen molar-refractivity contribution in [3.63, 3.8) is 0 Å². The van der Waals surface area contributed by atoms with Crippen molar-refractivity contribution < 1.29 is 10.3 Å². The number of rotatable bonds is 3. The van der Waals surface area contributed by atoms with Crippen LogP contribution in [0.1, 0.15) is 31.3 Å². The fraction of sp³-hybridized carbons (Fsp3) is 0.444. The van der Waals surface area contributed by atoms with Crippen LogP contribution in [0.3, 0.4) is 0 Å². The molecule has 0 bridgehead atoms. The number of nitrogens with two attached hydrogens (primary N) is 1. The van der Waals surface area contributed by atoms with Gasteiger partial charge in [-0.3, -0.25) is 0 Å². The van der Waals surface area contributed by atoms with E-state index in [-0.39, 0.29) is 23.9 Å². The van der Waals surface area contributed by atoms with Crippen LogP contribution in [-0.2, 0) is 6.42 Å². The lowest BCUT2D eigenvalue weighted by Crippen LogP contribution is -2.16. The van der Waals surface area contributed by atoms with Gasteiger partial charge in [-0.25, -0.2) is 9.97 Å². The Morgan fingerprint density at radius 3 is 2.80 bits per heavy atom. The summed E-state index contributed by atoms with van der Waals surface area (Å²) in [6, 6.07) is 0. The standard InChI is InChI=1S/C9H14N4O2/c1-5(2)9-11-4-7(14)6(12-9)3-8(10)13-15/h4-5,14-15H,3H2,1-2H3,(H2,10,13). The predicted octanol–water partition coefficient (Wildman–Crippen LogP) is 0.595. The zero-order chi connectivity index (χ0) is 11.4. The molecule has 6 nitrogen and oxygen atoms in total. The molecule has 0 aliphatic carbocycles. The summed E-state index contributed by atoms with van der Waals surface area (Å²) in [6.45, 7) is 3.89. The average Bonchev–Trinajstić information content (AvgIpc) is 2.20. The zero-order valence-electron chi connectivity index (χ0n) is 8.68. The van der Waals surface area contributed by atoms with Crippen molar-refractivity contribution in [3.05, 3.63) is 17.7 Å². The van der Waals surface area contributed by atoms with E-state index >= 15 is 0 Å². The summed E-state index contributed by atoms with van der Waals surface area (Å²) in [5.74, 6) is 0.731. The van der Waals surface area contributed by atoms with Gasteiger partial charge in [0.25, 0.3) is 0 Å². The molecular weight excluding hydrogens is 196 g/mol. The van der Waals surface area contributed by atoms with Crippen LogP contribution in [0.25, 0.3) is 0 Å². The fourth-order valence-corrected chi connectivity index (χ4v) is 1.04. The monoisotopic (exact) mass is 210 g/mol. The highest BCUT2D eigenvalue weighted by molar-refractivity contribution is 5.82. The average molecular weight is 210 g/mol. The number of oxime groups is 1. The first-order valence-electron chi connectivity index (χ1n) is 4.55. The second-order valence-electron chi connectivity index (χ2n) is 3.48. The number of nitrogens with zero attached hydrogens (tertiary/aromatic N) is 3. The third-order valence-electron chi connectivity index (χ3n) is 1.86. The zero-order valence-corrected chi connectivity index (χ0v) is 8.68. The molecule has 0 aliphatic rings. The second-order valence-corrected chi connectivity index (χ2v) is 3.48. The van der Waals surface area contributed by atoms with Crippen LogP contribution < -0.4 is 5.73 Å². The first-order valence-corrected chi connectivity index (χ1v) is 4.55. The quantitative estimate of drug-likeness (QED) is 0.293. The van der Waals surface area contributed by atoms with E-state index in [1.807, 2.05) is 13.8 Å². The van der Waals surface area contributed by atoms with Crippen LogP contribution in [0.5, 0.6) is 5.75 Å². The van der Waals surface area contributed by atoms with Gasteiger partial charge in [-0.05, 0) is 0 Å². The molecule has 0 spiro atoms. The molecule has 1 aromatic heterocycles. The molecule has 0 saturated heterocycles. The van der Waals surface area contributed by atoms with Crippen LogP contribution in [0.4, 0.5) is 0 Å². The van der Waals surface area contributed by atoms with Gasteiger partial charge in [0.1, 0.15) is 11.7 Å². The number of amidine groups is 1. The highest BCUT2D eigenvalue weighted by Gasteiger charge is 2.10. The number of hydrogen-bond acceptors (Lipinski definition) is 5. The minimum atomic E-state index is -0.0500. The molecule has 1 aromatic rings. The van der Waals surface area contributed by atoms with Crippen molar-refractivity contribution in [1.82, 2.24) is 9.97 Å². The van der Waals surface area contributed by atoms with Crippen LogP contribution in [0.2, 0.25) is 0 Å². The van der Waals surface area contributed by atoms with Crippen molar-refractivity contribution in [1.29, 1.82) is 0 Å². The van der Waals surface area contributed by atoms with Gasteiger partial charge >= 0.3 is 0 Å². The first-order chi connectivity index (χ1) is 7.04. The lowest BCUT2D eigenvalue weighted by Gasteiger charge is -2.07. The Labute approximate surface area is 87.5 Å². The van der Waals surface area contributed by atoms with Gasteiger partial charge < -0.3 is 16.0 Å². The third-order valence-corrected chi connectivity index (χ3v) is 1.86. The van der Waals surface area contributed by atoms with E-state index in [1.165, 1.54) is 6.20 Å². The molecule has 0 aliphatic heterocycles. The molecule has 0 atom stereocenters. The molecule has 0 amide bonds. The molecule has 0 radical (unpaired) electrons. The minimum absolute atomic E-state index is 0.00120. The van der Waals surface area contributed by atoms with E-state index in [9.17, 15) is 5.11 Å². The normalized spacial score (nSPS) is 12.1. The highest BCUT2D eigenvalue weighted by atomic mass is 16.4. The van der Waals surface area contributed by atoms with Gasteiger partial charge in [0.2, 0.25) is 0 Å². The summed E-state index contributed by atoms with van der Waals surface area (Å²) >= 11 is 0. The number of aromatic hydroxyl groups is 1. The molecule has 0 unspecified atom stereocenters. The van der Waals surface area contributed by atoms with E-state index in [2.05, 4.69) is 15.1 Å². The van der Waals surface area contributed by atoms with Gasteiger partial charge in [0.15, 0.2) is 5.75 Å². The van der Waals surface area contributed by atoms with E-state index < -0.39 is 0 Å². The molecule has 82 valence electrons. The van der Waals surface area contributed by atoms with Crippen molar-refractivity contribution in [2.45, 2.75) is 26.2 Å². The molecule has 15 heavy (non-hydrogen) atoms. The lowest BCUT2D eigenvalue weighted by molar-refractivity contribution is 0.317. The Morgan fingerprint density at radius 1 is 1.60 bits per heavy atom. The van der Waals surface area contributed by atoms with Gasteiger partial charge in [-0.1, -0.05) is 19.0 Å². The van der Waals surface area contributed by atoms with Gasteiger partial charge in [-0.15, -0.1) is 0 Å². The van der Waals surface area contributed by atoms with Crippen molar-refractivity contribution in [3.8, 4) is 5.75 Å². The summed E-state index contributed by atoms with van der Waals surface area (Å²) in [4.78, 5) is 8.09. The molecule has 0 fully saturated rings. The predicted molar refractivity (Wildman–Crippen MR) is 54.9 cm³/mol. The molecule has 0 saturated carbocycles. The Hall–Kier alpha value is -1.85. The molecule has 1 rings (SSSR count). The molecule has 6 heteroatoms. The van der Waals surface area contributed by atoms with Crippen LogP contribution in [0, 0.1) is 0 Å². The second kappa shape index (κ2) is 4.59.